The van der Waals surface area contributed by atoms with Crippen molar-refractivity contribution in [1.82, 2.24) is 5.32 Å². The minimum Gasteiger partial charge on any atom is -0.444 e. The molecule has 0 spiro atoms. The number of alkyl carbamates (subject to hydrolysis) is 1. The molecule has 2 amide bonds. The van der Waals surface area contributed by atoms with Crippen LogP contribution in [0.15, 0.2) is 24.3 Å². The first-order chi connectivity index (χ1) is 12.9. The molecule has 154 valence electrons. The molecular weight excluding hydrogens is 352 g/mol. The monoisotopic (exact) mass is 386 g/mol. The molecule has 1 aromatic carbocycles. The maximum Gasteiger partial charge on any atom is 0.407 e. The van der Waals surface area contributed by atoms with E-state index in [1.54, 1.807) is 0 Å². The third-order valence-electron chi connectivity index (χ3n) is 5.90. The van der Waals surface area contributed by atoms with E-state index in [0.717, 1.165) is 24.9 Å². The highest BCUT2D eigenvalue weighted by molar-refractivity contribution is 5.94. The maximum absolute atomic E-state index is 13.1. The lowest BCUT2D eigenvalue weighted by atomic mass is 9.83. The highest BCUT2D eigenvalue weighted by Gasteiger charge is 2.51. The van der Waals surface area contributed by atoms with E-state index in [-0.39, 0.29) is 23.3 Å². The molecule has 2 aliphatic rings. The van der Waals surface area contributed by atoms with Gasteiger partial charge in [-0.1, -0.05) is 32.9 Å². The molecule has 2 fully saturated rings. The minimum atomic E-state index is -0.549. The first-order valence-corrected chi connectivity index (χ1v) is 10.3. The second kappa shape index (κ2) is 7.41. The Morgan fingerprint density at radius 1 is 1.04 bits per heavy atom. The molecule has 0 aromatic heterocycles. The number of nitrogens with one attached hydrogen (secondary N) is 2. The molecule has 0 aliphatic heterocycles. The molecule has 1 aromatic rings. The smallest absolute Gasteiger partial charge is 0.407 e. The third-order valence-corrected chi connectivity index (χ3v) is 5.90. The Balaban J connectivity index is 1.72. The standard InChI is InChI=1S/C23H34N2O3/c1-22(2,3)16-8-7-9-17(13-16)24-20(26)18-14-10-11-15(12-14)19(18)25-21(27)28-23(4,5)6/h7-9,13-15,18-19H,10-12H2,1-6H3,(H,24,26)(H,25,27)/t14-,15+,18+,19-/m1/s1. The summed E-state index contributed by atoms with van der Waals surface area (Å²) in [6.07, 6.45) is 2.68. The molecule has 0 heterocycles. The lowest BCUT2D eigenvalue weighted by molar-refractivity contribution is -0.122. The van der Waals surface area contributed by atoms with Gasteiger partial charge in [-0.3, -0.25) is 4.79 Å². The van der Waals surface area contributed by atoms with Crippen LogP contribution in [0.5, 0.6) is 0 Å². The predicted molar refractivity (Wildman–Crippen MR) is 111 cm³/mol. The van der Waals surface area contributed by atoms with E-state index < -0.39 is 11.7 Å². The first kappa shape index (κ1) is 20.7. The van der Waals surface area contributed by atoms with E-state index in [9.17, 15) is 9.59 Å². The highest BCUT2D eigenvalue weighted by atomic mass is 16.6. The topological polar surface area (TPSA) is 67.4 Å². The number of ether oxygens (including phenoxy) is 1. The van der Waals surface area contributed by atoms with Crippen LogP contribution in [0.4, 0.5) is 10.5 Å². The normalized spacial score (nSPS) is 26.8. The van der Waals surface area contributed by atoms with Gasteiger partial charge in [0.1, 0.15) is 5.60 Å². The van der Waals surface area contributed by atoms with Crippen molar-refractivity contribution in [2.24, 2.45) is 17.8 Å². The minimum absolute atomic E-state index is 0.000632. The van der Waals surface area contributed by atoms with E-state index in [1.807, 2.05) is 39.0 Å². The summed E-state index contributed by atoms with van der Waals surface area (Å²) >= 11 is 0. The number of hydrogen-bond acceptors (Lipinski definition) is 3. The first-order valence-electron chi connectivity index (χ1n) is 10.3. The quantitative estimate of drug-likeness (QED) is 0.779. The van der Waals surface area contributed by atoms with Gasteiger partial charge in [0.05, 0.1) is 5.92 Å². The van der Waals surface area contributed by atoms with Crippen molar-refractivity contribution in [2.75, 3.05) is 5.32 Å². The van der Waals surface area contributed by atoms with Crippen molar-refractivity contribution in [2.45, 2.75) is 77.9 Å². The van der Waals surface area contributed by atoms with Gasteiger partial charge in [0.15, 0.2) is 0 Å². The molecule has 5 heteroatoms. The summed E-state index contributed by atoms with van der Waals surface area (Å²) in [6.45, 7) is 12.0. The van der Waals surface area contributed by atoms with Gasteiger partial charge in [-0.05, 0) is 75.0 Å². The van der Waals surface area contributed by atoms with Crippen LogP contribution in [0.3, 0.4) is 0 Å². The van der Waals surface area contributed by atoms with Crippen LogP contribution in [-0.4, -0.2) is 23.6 Å². The zero-order chi connectivity index (χ0) is 20.7. The molecule has 0 unspecified atom stereocenters. The molecule has 2 aliphatic carbocycles. The Labute approximate surface area is 168 Å². The summed E-state index contributed by atoms with van der Waals surface area (Å²) in [4.78, 5) is 25.4. The predicted octanol–water partition coefficient (Wildman–Crippen LogP) is 4.86. The summed E-state index contributed by atoms with van der Waals surface area (Å²) in [5.74, 6) is 0.480. The largest absolute Gasteiger partial charge is 0.444 e. The van der Waals surface area contributed by atoms with Crippen molar-refractivity contribution in [3.63, 3.8) is 0 Å². The number of fused-ring (bicyclic) bond motifs is 2. The number of hydrogen-bond donors (Lipinski definition) is 2. The SMILES string of the molecule is CC(C)(C)OC(=O)N[C@@H]1[C@H]2CC[C@H](C2)[C@@H]1C(=O)Nc1cccc(C(C)(C)C)c1. The van der Waals surface area contributed by atoms with Gasteiger partial charge in [-0.2, -0.15) is 0 Å². The zero-order valence-electron chi connectivity index (χ0n) is 18.0. The van der Waals surface area contributed by atoms with Crippen LogP contribution in [0.1, 0.15) is 66.4 Å². The van der Waals surface area contributed by atoms with Gasteiger partial charge >= 0.3 is 6.09 Å². The highest BCUT2D eigenvalue weighted by Crippen LogP contribution is 2.49. The van der Waals surface area contributed by atoms with Gasteiger partial charge < -0.3 is 15.4 Å². The number of amides is 2. The van der Waals surface area contributed by atoms with E-state index in [0.29, 0.717) is 11.8 Å². The van der Waals surface area contributed by atoms with Crippen LogP contribution >= 0.6 is 0 Å². The molecule has 4 atom stereocenters. The second-order valence-electron chi connectivity index (χ2n) is 10.4. The number of carbonyl (C=O) groups is 2. The fourth-order valence-electron chi connectivity index (χ4n) is 4.61. The summed E-state index contributed by atoms with van der Waals surface area (Å²) in [6, 6.07) is 7.88. The summed E-state index contributed by atoms with van der Waals surface area (Å²) < 4.78 is 5.43. The van der Waals surface area contributed by atoms with E-state index in [2.05, 4.69) is 37.5 Å². The molecule has 2 bridgehead atoms. The van der Waals surface area contributed by atoms with Crippen molar-refractivity contribution in [3.8, 4) is 0 Å². The van der Waals surface area contributed by atoms with Gasteiger partial charge in [0.25, 0.3) is 0 Å². The van der Waals surface area contributed by atoms with E-state index in [4.69, 9.17) is 4.74 Å². The zero-order valence-corrected chi connectivity index (χ0v) is 18.0. The van der Waals surface area contributed by atoms with Crippen LogP contribution in [-0.2, 0) is 14.9 Å². The molecule has 2 saturated carbocycles. The number of rotatable bonds is 3. The summed E-state index contributed by atoms with van der Waals surface area (Å²) in [5.41, 5.74) is 1.47. The van der Waals surface area contributed by atoms with Crippen molar-refractivity contribution < 1.29 is 14.3 Å². The van der Waals surface area contributed by atoms with Gasteiger partial charge in [-0.25, -0.2) is 4.79 Å². The molecule has 3 rings (SSSR count). The van der Waals surface area contributed by atoms with Crippen molar-refractivity contribution >= 4 is 17.7 Å². The molecule has 28 heavy (non-hydrogen) atoms. The van der Waals surface area contributed by atoms with Crippen LogP contribution in [0, 0.1) is 17.8 Å². The molecular formula is C23H34N2O3. The Hall–Kier alpha value is -2.04. The Morgan fingerprint density at radius 3 is 2.36 bits per heavy atom. The number of anilines is 1. The van der Waals surface area contributed by atoms with Gasteiger partial charge in [-0.15, -0.1) is 0 Å². The lowest BCUT2D eigenvalue weighted by Crippen LogP contribution is -2.49. The van der Waals surface area contributed by atoms with Crippen LogP contribution < -0.4 is 10.6 Å². The second-order valence-corrected chi connectivity index (χ2v) is 10.4. The van der Waals surface area contributed by atoms with Gasteiger partial charge in [0, 0.05) is 11.7 Å². The summed E-state index contributed by atoms with van der Waals surface area (Å²) in [7, 11) is 0. The maximum atomic E-state index is 13.1. The van der Waals surface area contributed by atoms with E-state index in [1.165, 1.54) is 5.56 Å². The molecule has 5 nitrogen and oxygen atoms in total. The molecule has 0 radical (unpaired) electrons. The summed E-state index contributed by atoms with van der Waals surface area (Å²) in [5, 5.41) is 6.10. The number of benzene rings is 1. The van der Waals surface area contributed by atoms with Crippen molar-refractivity contribution in [1.29, 1.82) is 0 Å². The molecule has 0 saturated heterocycles. The van der Waals surface area contributed by atoms with Crippen LogP contribution in [0.2, 0.25) is 0 Å². The third kappa shape index (κ3) is 4.68. The van der Waals surface area contributed by atoms with Crippen LogP contribution in [0.25, 0.3) is 0 Å². The fraction of sp³-hybridized carbons (Fsp3) is 0.652. The van der Waals surface area contributed by atoms with Crippen molar-refractivity contribution in [3.05, 3.63) is 29.8 Å². The Morgan fingerprint density at radius 2 is 1.71 bits per heavy atom. The van der Waals surface area contributed by atoms with E-state index >= 15 is 0 Å². The lowest BCUT2D eigenvalue weighted by Gasteiger charge is -2.31. The van der Waals surface area contributed by atoms with Gasteiger partial charge in [0.2, 0.25) is 5.91 Å². The Kier molecular flexibility index (Phi) is 5.48. The Bertz CT molecular complexity index is 745. The number of carbonyl (C=O) groups excluding carboxylic acids is 2. The average Bonchev–Trinajstić information content (AvgIpc) is 3.13. The molecule has 2 N–H and O–H groups in total. The fourth-order valence-corrected chi connectivity index (χ4v) is 4.61. The average molecular weight is 387 g/mol.